The second kappa shape index (κ2) is 6.81. The van der Waals surface area contributed by atoms with Crippen molar-refractivity contribution in [3.05, 3.63) is 35.2 Å². The number of ether oxygens (including phenoxy) is 1. The third-order valence-electron chi connectivity index (χ3n) is 6.13. The molecule has 1 aromatic rings. The Labute approximate surface area is 173 Å². The second-order valence-electron chi connectivity index (χ2n) is 8.27. The van der Waals surface area contributed by atoms with Gasteiger partial charge in [-0.25, -0.2) is 4.79 Å². The number of amides is 1. The van der Waals surface area contributed by atoms with E-state index < -0.39 is 19.1 Å². The normalized spacial score (nSPS) is 27.4. The zero-order valence-electron chi connectivity index (χ0n) is 16.4. The summed E-state index contributed by atoms with van der Waals surface area (Å²) in [6.07, 6.45) is 2.16. The molecule has 1 aromatic carbocycles. The molecule has 0 radical (unpaired) electrons. The van der Waals surface area contributed by atoms with Gasteiger partial charge in [-0.2, -0.15) is 0 Å². The molecule has 3 aliphatic heterocycles. The van der Waals surface area contributed by atoms with Crippen LogP contribution in [0.25, 0.3) is 0 Å². The highest BCUT2D eigenvalue weighted by atomic mass is 16.5. The third-order valence-corrected chi connectivity index (χ3v) is 6.13. The summed E-state index contributed by atoms with van der Waals surface area (Å²) in [5.74, 6) is -0.884. The van der Waals surface area contributed by atoms with E-state index in [1.165, 1.54) is 0 Å². The number of hydrogen-bond acceptors (Lipinski definition) is 8. The number of carbonyl (C=O) groups excluding carboxylic acids is 1. The molecule has 0 bridgehead atoms. The SMILES string of the molecule is CC1NC=C([C@H](N)C(=O)N2CC(Oc3ccc4c(c3C(=O)O)OB(O)[C@@H]3C[C@H]43)C2)N1. The molecule has 5 rings (SSSR count). The van der Waals surface area contributed by atoms with Gasteiger partial charge in [-0.05, 0) is 30.9 Å². The van der Waals surface area contributed by atoms with Crippen LogP contribution in [-0.4, -0.2) is 65.4 Å². The van der Waals surface area contributed by atoms with Crippen LogP contribution in [0.3, 0.4) is 0 Å². The van der Waals surface area contributed by atoms with Gasteiger partial charge >= 0.3 is 13.1 Å². The van der Waals surface area contributed by atoms with Gasteiger partial charge in [-0.1, -0.05) is 6.07 Å². The van der Waals surface area contributed by atoms with E-state index in [9.17, 15) is 19.7 Å². The first-order valence-corrected chi connectivity index (χ1v) is 10.0. The Bertz CT molecular complexity index is 949. The number of carboxylic acid groups (broad SMARTS) is 1. The van der Waals surface area contributed by atoms with Gasteiger partial charge in [-0.15, -0.1) is 0 Å². The van der Waals surface area contributed by atoms with Gasteiger partial charge in [0.1, 0.15) is 29.2 Å². The highest BCUT2D eigenvalue weighted by Crippen LogP contribution is 2.60. The van der Waals surface area contributed by atoms with E-state index in [1.54, 1.807) is 23.2 Å². The van der Waals surface area contributed by atoms with Crippen LogP contribution in [0.2, 0.25) is 5.82 Å². The summed E-state index contributed by atoms with van der Waals surface area (Å²) in [7, 11) is -0.995. The molecule has 6 N–H and O–H groups in total. The number of aromatic carboxylic acids is 1. The molecular formula is C19H23BN4O6. The van der Waals surface area contributed by atoms with Crippen molar-refractivity contribution < 1.29 is 29.1 Å². The lowest BCUT2D eigenvalue weighted by Gasteiger charge is -2.40. The maximum atomic E-state index is 12.6. The minimum Gasteiger partial charge on any atom is -0.535 e. The molecule has 1 saturated heterocycles. The third kappa shape index (κ3) is 3.05. The van der Waals surface area contributed by atoms with E-state index >= 15 is 0 Å². The van der Waals surface area contributed by atoms with E-state index in [0.29, 0.717) is 18.8 Å². The fourth-order valence-corrected chi connectivity index (χ4v) is 4.33. The predicted molar refractivity (Wildman–Crippen MR) is 106 cm³/mol. The van der Waals surface area contributed by atoms with Crippen LogP contribution in [-0.2, 0) is 4.79 Å². The molecule has 3 heterocycles. The molecule has 1 saturated carbocycles. The average Bonchev–Trinajstić information content (AvgIpc) is 3.37. The number of carbonyl (C=O) groups is 2. The summed E-state index contributed by atoms with van der Waals surface area (Å²) in [6, 6.07) is 2.65. The highest BCUT2D eigenvalue weighted by molar-refractivity contribution is 6.48. The second-order valence-corrected chi connectivity index (χ2v) is 8.27. The maximum absolute atomic E-state index is 12.6. The summed E-state index contributed by atoms with van der Waals surface area (Å²) in [5, 5.41) is 25.9. The van der Waals surface area contributed by atoms with E-state index in [4.69, 9.17) is 15.1 Å². The standard InChI is InChI=1S/C19H23BN4O6/c1-8-22-5-13(23-8)16(21)18(25)24-6-9(7-24)29-14-3-2-10-11-4-12(11)20(28)30-17(10)15(14)19(26)27/h2-3,5,8-9,11-12,16,22-23,28H,4,6-7,21H2,1H3,(H,26,27)/t8?,11-,12-,16+/m1/s1. The summed E-state index contributed by atoms with van der Waals surface area (Å²) in [6.45, 7) is 2.54. The molecule has 4 aliphatic rings. The first-order chi connectivity index (χ1) is 14.3. The lowest BCUT2D eigenvalue weighted by atomic mass is 9.77. The Morgan fingerprint density at radius 2 is 2.17 bits per heavy atom. The molecule has 0 spiro atoms. The molecule has 1 amide bonds. The molecule has 0 aromatic heterocycles. The summed E-state index contributed by atoms with van der Waals surface area (Å²) >= 11 is 0. The number of nitrogens with zero attached hydrogens (tertiary/aromatic N) is 1. The van der Waals surface area contributed by atoms with Gasteiger partial charge in [0.2, 0.25) is 5.91 Å². The molecule has 30 heavy (non-hydrogen) atoms. The van der Waals surface area contributed by atoms with Crippen LogP contribution in [0.15, 0.2) is 24.0 Å². The average molecular weight is 414 g/mol. The zero-order chi connectivity index (χ0) is 21.2. The molecule has 1 aliphatic carbocycles. The lowest BCUT2D eigenvalue weighted by molar-refractivity contribution is -0.140. The van der Waals surface area contributed by atoms with Crippen LogP contribution in [0.5, 0.6) is 11.5 Å². The topological polar surface area (TPSA) is 146 Å². The molecule has 158 valence electrons. The van der Waals surface area contributed by atoms with Crippen molar-refractivity contribution in [3.63, 3.8) is 0 Å². The Morgan fingerprint density at radius 3 is 2.83 bits per heavy atom. The minimum atomic E-state index is -1.18. The van der Waals surface area contributed by atoms with Crippen LogP contribution in [0.4, 0.5) is 0 Å². The first kappa shape index (κ1) is 19.1. The molecule has 10 nitrogen and oxygen atoms in total. The Kier molecular flexibility index (Phi) is 4.33. The van der Waals surface area contributed by atoms with Crippen molar-refractivity contribution in [1.29, 1.82) is 0 Å². The maximum Gasteiger partial charge on any atom is 0.526 e. The van der Waals surface area contributed by atoms with Gasteiger partial charge in [-0.3, -0.25) is 4.79 Å². The van der Waals surface area contributed by atoms with Crippen molar-refractivity contribution in [1.82, 2.24) is 15.5 Å². The quantitative estimate of drug-likeness (QED) is 0.399. The summed E-state index contributed by atoms with van der Waals surface area (Å²) < 4.78 is 11.4. The van der Waals surface area contributed by atoms with Gasteiger partial charge < -0.3 is 40.8 Å². The largest absolute Gasteiger partial charge is 0.535 e. The molecule has 4 atom stereocenters. The van der Waals surface area contributed by atoms with Gasteiger partial charge in [0, 0.05) is 12.0 Å². The van der Waals surface area contributed by atoms with Crippen molar-refractivity contribution in [2.75, 3.05) is 13.1 Å². The van der Waals surface area contributed by atoms with Gasteiger partial charge in [0.15, 0.2) is 0 Å². The Morgan fingerprint density at radius 1 is 1.40 bits per heavy atom. The minimum absolute atomic E-state index is 0.0245. The lowest BCUT2D eigenvalue weighted by Crippen LogP contribution is -2.60. The van der Waals surface area contributed by atoms with E-state index in [1.807, 2.05) is 6.92 Å². The Hall–Kier alpha value is -2.92. The van der Waals surface area contributed by atoms with Crippen molar-refractivity contribution in [2.24, 2.45) is 5.73 Å². The smallest absolute Gasteiger partial charge is 0.526 e. The van der Waals surface area contributed by atoms with Gasteiger partial charge in [0.05, 0.1) is 25.0 Å². The highest BCUT2D eigenvalue weighted by Gasteiger charge is 2.54. The van der Waals surface area contributed by atoms with Crippen LogP contribution < -0.4 is 25.8 Å². The zero-order valence-corrected chi connectivity index (χ0v) is 16.4. The van der Waals surface area contributed by atoms with Gasteiger partial charge in [0.25, 0.3) is 0 Å². The van der Waals surface area contributed by atoms with Crippen molar-refractivity contribution in [3.8, 4) is 11.5 Å². The van der Waals surface area contributed by atoms with E-state index in [2.05, 4.69) is 10.6 Å². The first-order valence-electron chi connectivity index (χ1n) is 10.0. The van der Waals surface area contributed by atoms with Crippen LogP contribution in [0.1, 0.15) is 35.2 Å². The number of fused-ring (bicyclic) bond motifs is 3. The Balaban J connectivity index is 1.26. The molecular weight excluding hydrogens is 391 g/mol. The number of nitrogens with one attached hydrogen (secondary N) is 2. The number of likely N-dealkylation sites (tertiary alicyclic amines) is 1. The number of carboxylic acids is 1. The predicted octanol–water partition coefficient (Wildman–Crippen LogP) is -0.588. The fourth-order valence-electron chi connectivity index (χ4n) is 4.33. The molecule has 1 unspecified atom stereocenters. The molecule has 2 fully saturated rings. The summed E-state index contributed by atoms with van der Waals surface area (Å²) in [4.78, 5) is 26.0. The number of rotatable bonds is 5. The fraction of sp³-hybridized carbons (Fsp3) is 0.474. The number of hydrogen-bond donors (Lipinski definition) is 5. The van der Waals surface area contributed by atoms with E-state index in [-0.39, 0.29) is 47.0 Å². The summed E-state index contributed by atoms with van der Waals surface area (Å²) in [5.41, 5.74) is 7.39. The molecule has 11 heteroatoms. The van der Waals surface area contributed by atoms with E-state index in [0.717, 1.165) is 12.0 Å². The number of benzene rings is 1. The number of nitrogens with two attached hydrogens (primary N) is 1. The van der Waals surface area contributed by atoms with Crippen molar-refractivity contribution >= 4 is 19.0 Å². The van der Waals surface area contributed by atoms with Crippen molar-refractivity contribution in [2.45, 2.75) is 43.4 Å². The monoisotopic (exact) mass is 414 g/mol. The van der Waals surface area contributed by atoms with Crippen LogP contribution in [0, 0.1) is 0 Å². The van der Waals surface area contributed by atoms with Crippen LogP contribution >= 0.6 is 0 Å².